The van der Waals surface area contributed by atoms with Gasteiger partial charge in [-0.15, -0.1) is 0 Å². The van der Waals surface area contributed by atoms with Gasteiger partial charge in [-0.3, -0.25) is 0 Å². The average Bonchev–Trinajstić information content (AvgIpc) is 2.83. The highest BCUT2D eigenvalue weighted by Crippen LogP contribution is 2.33. The number of carbonyl (C=O) groups is 1. The van der Waals surface area contributed by atoms with E-state index >= 15 is 0 Å². The number of nitrogens with zero attached hydrogens (tertiary/aromatic N) is 2. The number of benzene rings is 1. The Kier molecular flexibility index (Phi) is 3.35. The highest BCUT2D eigenvalue weighted by Gasteiger charge is 2.17. The zero-order chi connectivity index (χ0) is 16.8. The van der Waals surface area contributed by atoms with Crippen LogP contribution in [0.5, 0.6) is 5.88 Å². The molecule has 0 spiro atoms. The van der Waals surface area contributed by atoms with Crippen molar-refractivity contribution < 1.29 is 17.9 Å². The van der Waals surface area contributed by atoms with Crippen molar-refractivity contribution in [3.05, 3.63) is 30.0 Å². The van der Waals surface area contributed by atoms with Crippen LogP contribution in [-0.2, 0) is 9.05 Å². The van der Waals surface area contributed by atoms with E-state index in [1.807, 2.05) is 6.07 Å². The van der Waals surface area contributed by atoms with Crippen molar-refractivity contribution in [1.82, 2.24) is 9.97 Å². The third-order valence-electron chi connectivity index (χ3n) is 3.12. The number of ether oxygens (including phenoxy) is 1. The third kappa shape index (κ3) is 2.65. The Hall–Kier alpha value is -2.83. The molecule has 8 nitrogen and oxygen atoms in total. The van der Waals surface area contributed by atoms with Gasteiger partial charge in [-0.1, -0.05) is 0 Å². The maximum atomic E-state index is 11.5. The Morgan fingerprint density at radius 1 is 1.35 bits per heavy atom. The summed E-state index contributed by atoms with van der Waals surface area (Å²) in [7, 11) is 1.43. The number of pyridine rings is 1. The lowest BCUT2D eigenvalue weighted by Crippen LogP contribution is -2.17. The fourth-order valence-electron chi connectivity index (χ4n) is 2.22. The summed E-state index contributed by atoms with van der Waals surface area (Å²) in [6.07, 6.45) is -1.09. The molecule has 10 heteroatoms. The summed E-state index contributed by atoms with van der Waals surface area (Å²) in [6.45, 7) is 0. The van der Waals surface area contributed by atoms with Crippen LogP contribution in [0, 0.1) is 11.3 Å². The van der Waals surface area contributed by atoms with Crippen LogP contribution in [0.1, 0.15) is 5.69 Å². The van der Waals surface area contributed by atoms with Crippen molar-refractivity contribution in [2.45, 2.75) is 4.90 Å². The largest absolute Gasteiger partial charge is 0.411 e. The molecule has 0 saturated carbocycles. The molecule has 3 N–H and O–H groups in total. The summed E-state index contributed by atoms with van der Waals surface area (Å²) in [5.41, 5.74) is 5.83. The molecule has 0 atom stereocenters. The highest BCUT2D eigenvalue weighted by molar-refractivity contribution is 8.13. The molecule has 1 aromatic carbocycles. The van der Waals surface area contributed by atoms with E-state index in [0.717, 1.165) is 0 Å². The summed E-state index contributed by atoms with van der Waals surface area (Å²) in [4.78, 5) is 17.7. The fourth-order valence-corrected chi connectivity index (χ4v) is 3.00. The van der Waals surface area contributed by atoms with Crippen molar-refractivity contribution in [2.24, 2.45) is 5.73 Å². The van der Waals surface area contributed by atoms with Crippen LogP contribution < -0.4 is 10.5 Å². The van der Waals surface area contributed by atoms with Crippen LogP contribution in [0.15, 0.2) is 29.2 Å². The molecule has 0 bridgehead atoms. The molecule has 0 fully saturated rings. The molecule has 0 aliphatic carbocycles. The highest BCUT2D eigenvalue weighted by atomic mass is 35.7. The van der Waals surface area contributed by atoms with Gasteiger partial charge in [0.25, 0.3) is 9.05 Å². The molecule has 23 heavy (non-hydrogen) atoms. The van der Waals surface area contributed by atoms with E-state index in [1.165, 1.54) is 24.3 Å². The number of amides is 1. The summed E-state index contributed by atoms with van der Waals surface area (Å²) in [5, 5.41) is 9.97. The number of aromatic amines is 1. The number of fused-ring (bicyclic) bond motifs is 3. The number of halogens is 1. The van der Waals surface area contributed by atoms with E-state index in [2.05, 4.69) is 9.97 Å². The molecule has 0 saturated heterocycles. The first-order valence-corrected chi connectivity index (χ1v) is 8.39. The zero-order valence-electron chi connectivity index (χ0n) is 11.2. The van der Waals surface area contributed by atoms with Gasteiger partial charge in [0.2, 0.25) is 5.88 Å². The quantitative estimate of drug-likeness (QED) is 0.677. The Bertz CT molecular complexity index is 1110. The normalized spacial score (nSPS) is 11.5. The molecule has 2 aromatic heterocycles. The standard InChI is InChI=1S/C13H7ClN4O4S/c14-23(20,21)7-1-2-10-8(4-7)9-3-6(5-15)17-12(11(9)18-10)22-13(16)19/h1-4,18H,(H2,16,19). The third-order valence-corrected chi connectivity index (χ3v) is 4.47. The lowest BCUT2D eigenvalue weighted by molar-refractivity contribution is 0.209. The lowest BCUT2D eigenvalue weighted by Gasteiger charge is -2.02. The minimum Gasteiger partial charge on any atom is -0.389 e. The van der Waals surface area contributed by atoms with E-state index in [9.17, 15) is 13.2 Å². The lowest BCUT2D eigenvalue weighted by atomic mass is 10.1. The van der Waals surface area contributed by atoms with Crippen LogP contribution in [0.25, 0.3) is 21.8 Å². The number of carbonyl (C=O) groups excluding carboxylic acids is 1. The summed E-state index contributed by atoms with van der Waals surface area (Å²) < 4.78 is 27.7. The predicted molar refractivity (Wildman–Crippen MR) is 81.6 cm³/mol. The number of aromatic nitrogens is 2. The SMILES string of the molecule is N#Cc1cc2c([nH]c3ccc(S(=O)(=O)Cl)cc32)c(OC(N)=O)n1. The van der Waals surface area contributed by atoms with Gasteiger partial charge in [0.1, 0.15) is 17.3 Å². The van der Waals surface area contributed by atoms with Crippen molar-refractivity contribution in [3.8, 4) is 11.9 Å². The number of hydrogen-bond donors (Lipinski definition) is 2. The van der Waals surface area contributed by atoms with Crippen molar-refractivity contribution >= 4 is 47.6 Å². The monoisotopic (exact) mass is 350 g/mol. The Morgan fingerprint density at radius 3 is 2.70 bits per heavy atom. The van der Waals surface area contributed by atoms with Crippen LogP contribution in [0.3, 0.4) is 0 Å². The van der Waals surface area contributed by atoms with Gasteiger partial charge >= 0.3 is 6.09 Å². The van der Waals surface area contributed by atoms with E-state index in [0.29, 0.717) is 21.8 Å². The van der Waals surface area contributed by atoms with Gasteiger partial charge in [0.15, 0.2) is 0 Å². The molecule has 3 aromatic rings. The predicted octanol–water partition coefficient (Wildman–Crippen LogP) is 1.97. The molecule has 0 aliphatic rings. The molecule has 0 aliphatic heterocycles. The van der Waals surface area contributed by atoms with E-state index in [4.69, 9.17) is 26.4 Å². The van der Waals surface area contributed by atoms with Crippen molar-refractivity contribution in [2.75, 3.05) is 0 Å². The number of nitriles is 1. The van der Waals surface area contributed by atoms with Gasteiger partial charge in [0, 0.05) is 27.0 Å². The first-order valence-electron chi connectivity index (χ1n) is 6.08. The van der Waals surface area contributed by atoms with Gasteiger partial charge in [-0.2, -0.15) is 5.26 Å². The number of nitrogens with two attached hydrogens (primary N) is 1. The Labute approximate surface area is 133 Å². The van der Waals surface area contributed by atoms with E-state index in [1.54, 1.807) is 0 Å². The minimum atomic E-state index is -3.91. The van der Waals surface area contributed by atoms with Crippen LogP contribution in [-0.4, -0.2) is 24.5 Å². The molecule has 0 radical (unpaired) electrons. The molecule has 3 rings (SSSR count). The second-order valence-electron chi connectivity index (χ2n) is 4.54. The zero-order valence-corrected chi connectivity index (χ0v) is 12.8. The van der Waals surface area contributed by atoms with Crippen molar-refractivity contribution in [1.29, 1.82) is 5.26 Å². The van der Waals surface area contributed by atoms with E-state index < -0.39 is 15.1 Å². The summed E-state index contributed by atoms with van der Waals surface area (Å²) in [5.74, 6) is -0.168. The number of nitrogens with one attached hydrogen (secondary N) is 1. The minimum absolute atomic E-state index is 0.0196. The molecule has 0 unspecified atom stereocenters. The first kappa shape index (κ1) is 15.1. The second-order valence-corrected chi connectivity index (χ2v) is 7.10. The molecule has 1 amide bonds. The fraction of sp³-hybridized carbons (Fsp3) is 0. The van der Waals surface area contributed by atoms with Crippen LogP contribution >= 0.6 is 10.7 Å². The summed E-state index contributed by atoms with van der Waals surface area (Å²) >= 11 is 0. The maximum Gasteiger partial charge on any atom is 0.411 e. The topological polar surface area (TPSA) is 139 Å². The summed E-state index contributed by atoms with van der Waals surface area (Å²) in [6, 6.07) is 7.45. The van der Waals surface area contributed by atoms with Crippen LogP contribution in [0.4, 0.5) is 4.79 Å². The van der Waals surface area contributed by atoms with Gasteiger partial charge in [0.05, 0.1) is 4.90 Å². The number of H-pyrrole nitrogens is 1. The smallest absolute Gasteiger partial charge is 0.389 e. The molecule has 2 heterocycles. The Morgan fingerprint density at radius 2 is 2.09 bits per heavy atom. The van der Waals surface area contributed by atoms with Gasteiger partial charge in [-0.25, -0.2) is 18.2 Å². The second kappa shape index (κ2) is 5.12. The number of rotatable bonds is 2. The maximum absolute atomic E-state index is 11.5. The Balaban J connectivity index is 2.41. The van der Waals surface area contributed by atoms with Crippen molar-refractivity contribution in [3.63, 3.8) is 0 Å². The number of primary amides is 1. The first-order chi connectivity index (χ1) is 10.8. The van der Waals surface area contributed by atoms with Crippen LogP contribution in [0.2, 0.25) is 0 Å². The molecule has 116 valence electrons. The van der Waals surface area contributed by atoms with Gasteiger partial charge in [-0.05, 0) is 24.3 Å². The van der Waals surface area contributed by atoms with Gasteiger partial charge < -0.3 is 15.5 Å². The van der Waals surface area contributed by atoms with E-state index in [-0.39, 0.29) is 16.5 Å². The number of hydrogen-bond acceptors (Lipinski definition) is 6. The molecular weight excluding hydrogens is 344 g/mol. The molecular formula is C13H7ClN4O4S. The average molecular weight is 351 g/mol.